The molecule has 0 unspecified atom stereocenters. The van der Waals surface area contributed by atoms with Gasteiger partial charge in [-0.05, 0) is 29.7 Å². The molecule has 1 saturated heterocycles. The van der Waals surface area contributed by atoms with Gasteiger partial charge in [0.2, 0.25) is 0 Å². The third-order valence-corrected chi connectivity index (χ3v) is 3.81. The van der Waals surface area contributed by atoms with E-state index in [-0.39, 0.29) is 0 Å². The van der Waals surface area contributed by atoms with Crippen LogP contribution in [0.3, 0.4) is 0 Å². The second-order valence-electron chi connectivity index (χ2n) is 4.75. The third-order valence-electron chi connectivity index (χ3n) is 3.56. The topological polar surface area (TPSA) is 3.24 Å². The Labute approximate surface area is 113 Å². The Morgan fingerprint density at radius 2 is 1.44 bits per heavy atom. The van der Waals surface area contributed by atoms with Crippen molar-refractivity contribution in [1.29, 1.82) is 0 Å². The van der Waals surface area contributed by atoms with Crippen LogP contribution in [-0.4, -0.2) is 18.0 Å². The van der Waals surface area contributed by atoms with Crippen molar-refractivity contribution in [2.45, 2.75) is 12.5 Å². The number of hydrogen-bond donors (Lipinski definition) is 0. The van der Waals surface area contributed by atoms with Crippen molar-refractivity contribution in [2.24, 2.45) is 0 Å². The first-order valence-electron chi connectivity index (χ1n) is 6.39. The Balaban J connectivity index is 1.97. The molecule has 0 aromatic heterocycles. The zero-order chi connectivity index (χ0) is 12.4. The summed E-state index contributed by atoms with van der Waals surface area (Å²) in [5, 5.41) is 0.800. The molecule has 0 N–H and O–H groups in total. The van der Waals surface area contributed by atoms with Crippen LogP contribution in [0.2, 0.25) is 5.02 Å². The van der Waals surface area contributed by atoms with Gasteiger partial charge >= 0.3 is 0 Å². The van der Waals surface area contributed by atoms with Gasteiger partial charge < -0.3 is 0 Å². The summed E-state index contributed by atoms with van der Waals surface area (Å²) in [6.45, 7) is 2.37. The first kappa shape index (κ1) is 11.8. The number of likely N-dealkylation sites (tertiary alicyclic amines) is 1. The molecule has 0 radical (unpaired) electrons. The molecule has 1 heterocycles. The molecule has 18 heavy (non-hydrogen) atoms. The Morgan fingerprint density at radius 3 is 2.00 bits per heavy atom. The molecule has 1 atom stereocenters. The Morgan fingerprint density at radius 1 is 0.833 bits per heavy atom. The lowest BCUT2D eigenvalue weighted by Crippen LogP contribution is -2.40. The van der Waals surface area contributed by atoms with E-state index >= 15 is 0 Å². The monoisotopic (exact) mass is 257 g/mol. The van der Waals surface area contributed by atoms with E-state index in [9.17, 15) is 0 Å². The van der Waals surface area contributed by atoms with Crippen LogP contribution in [0.15, 0.2) is 54.6 Å². The van der Waals surface area contributed by atoms with Crippen molar-refractivity contribution in [3.63, 3.8) is 0 Å². The quantitative estimate of drug-likeness (QED) is 0.799. The van der Waals surface area contributed by atoms with Crippen LogP contribution in [-0.2, 0) is 0 Å². The largest absolute Gasteiger partial charge is 0.292 e. The van der Waals surface area contributed by atoms with Crippen LogP contribution in [0, 0.1) is 0 Å². The van der Waals surface area contributed by atoms with Crippen LogP contribution in [0.25, 0.3) is 0 Å². The lowest BCUT2D eigenvalue weighted by atomic mass is 9.94. The van der Waals surface area contributed by atoms with E-state index in [4.69, 9.17) is 11.6 Å². The van der Waals surface area contributed by atoms with E-state index in [0.29, 0.717) is 6.04 Å². The van der Waals surface area contributed by atoms with Crippen LogP contribution in [0.1, 0.15) is 23.6 Å². The lowest BCUT2D eigenvalue weighted by molar-refractivity contribution is 0.140. The standard InChI is InChI=1S/C16H16ClN/c17-15-9-7-14(8-10-15)16(18-11-4-12-18)13-5-2-1-3-6-13/h1-3,5-10,16H,4,11-12H2/t16-/m0/s1. The summed E-state index contributed by atoms with van der Waals surface area (Å²) in [5.74, 6) is 0. The average Bonchev–Trinajstić information content (AvgIpc) is 2.36. The van der Waals surface area contributed by atoms with Crippen molar-refractivity contribution in [3.8, 4) is 0 Å². The molecule has 2 heteroatoms. The van der Waals surface area contributed by atoms with Gasteiger partial charge in [0.15, 0.2) is 0 Å². The summed E-state index contributed by atoms with van der Waals surface area (Å²) in [7, 11) is 0. The molecule has 2 aromatic carbocycles. The number of halogens is 1. The Bertz CT molecular complexity index is 502. The first-order chi connectivity index (χ1) is 8.84. The number of rotatable bonds is 3. The summed E-state index contributed by atoms with van der Waals surface area (Å²) >= 11 is 5.98. The minimum Gasteiger partial charge on any atom is -0.292 e. The zero-order valence-corrected chi connectivity index (χ0v) is 11.0. The maximum absolute atomic E-state index is 5.98. The second-order valence-corrected chi connectivity index (χ2v) is 5.19. The zero-order valence-electron chi connectivity index (χ0n) is 10.2. The van der Waals surface area contributed by atoms with Crippen molar-refractivity contribution in [3.05, 3.63) is 70.7 Å². The van der Waals surface area contributed by atoms with Gasteiger partial charge in [0.05, 0.1) is 6.04 Å². The molecule has 0 spiro atoms. The molecule has 2 aromatic rings. The predicted molar refractivity (Wildman–Crippen MR) is 75.9 cm³/mol. The highest BCUT2D eigenvalue weighted by Gasteiger charge is 2.26. The van der Waals surface area contributed by atoms with Gasteiger partial charge in [0.25, 0.3) is 0 Å². The molecular weight excluding hydrogens is 242 g/mol. The maximum Gasteiger partial charge on any atom is 0.0601 e. The maximum atomic E-state index is 5.98. The van der Waals surface area contributed by atoms with Gasteiger partial charge in [-0.1, -0.05) is 54.1 Å². The first-order valence-corrected chi connectivity index (χ1v) is 6.77. The molecule has 3 rings (SSSR count). The van der Waals surface area contributed by atoms with Crippen molar-refractivity contribution in [1.82, 2.24) is 4.90 Å². The summed E-state index contributed by atoms with van der Waals surface area (Å²) in [5.41, 5.74) is 2.69. The highest BCUT2D eigenvalue weighted by Crippen LogP contribution is 2.32. The lowest BCUT2D eigenvalue weighted by Gasteiger charge is -2.39. The molecule has 0 bridgehead atoms. The highest BCUT2D eigenvalue weighted by atomic mass is 35.5. The summed E-state index contributed by atoms with van der Waals surface area (Å²) in [4.78, 5) is 2.51. The second kappa shape index (κ2) is 5.13. The fourth-order valence-corrected chi connectivity index (χ4v) is 2.62. The number of benzene rings is 2. The third kappa shape index (κ3) is 2.29. The van der Waals surface area contributed by atoms with Gasteiger partial charge in [-0.25, -0.2) is 0 Å². The van der Waals surface area contributed by atoms with E-state index in [1.165, 1.54) is 30.6 Å². The minimum absolute atomic E-state index is 0.372. The number of nitrogens with zero attached hydrogens (tertiary/aromatic N) is 1. The van der Waals surface area contributed by atoms with Crippen LogP contribution in [0.4, 0.5) is 0 Å². The van der Waals surface area contributed by atoms with Gasteiger partial charge in [0, 0.05) is 18.1 Å². The van der Waals surface area contributed by atoms with E-state index in [1.54, 1.807) is 0 Å². The molecule has 1 fully saturated rings. The Kier molecular flexibility index (Phi) is 3.35. The smallest absolute Gasteiger partial charge is 0.0601 e. The van der Waals surface area contributed by atoms with Gasteiger partial charge in [-0.2, -0.15) is 0 Å². The van der Waals surface area contributed by atoms with E-state index in [2.05, 4.69) is 47.4 Å². The fourth-order valence-electron chi connectivity index (χ4n) is 2.49. The van der Waals surface area contributed by atoms with Crippen molar-refractivity contribution >= 4 is 11.6 Å². The minimum atomic E-state index is 0.372. The van der Waals surface area contributed by atoms with Gasteiger partial charge in [-0.15, -0.1) is 0 Å². The normalized spacial score (nSPS) is 17.2. The Hall–Kier alpha value is -1.31. The SMILES string of the molecule is Clc1ccc([C@H](c2ccccc2)N2CCC2)cc1. The number of hydrogen-bond acceptors (Lipinski definition) is 1. The molecular formula is C16H16ClN. The van der Waals surface area contributed by atoms with Crippen LogP contribution in [0.5, 0.6) is 0 Å². The van der Waals surface area contributed by atoms with Crippen molar-refractivity contribution in [2.75, 3.05) is 13.1 Å². The highest BCUT2D eigenvalue weighted by molar-refractivity contribution is 6.30. The molecule has 1 aliphatic heterocycles. The molecule has 0 saturated carbocycles. The van der Waals surface area contributed by atoms with Gasteiger partial charge in [-0.3, -0.25) is 4.90 Å². The molecule has 92 valence electrons. The molecule has 0 aliphatic carbocycles. The van der Waals surface area contributed by atoms with Crippen molar-refractivity contribution < 1.29 is 0 Å². The predicted octanol–water partition coefficient (Wildman–Crippen LogP) is 4.14. The summed E-state index contributed by atoms with van der Waals surface area (Å²) in [6.07, 6.45) is 1.30. The van der Waals surface area contributed by atoms with Gasteiger partial charge in [0.1, 0.15) is 0 Å². The summed E-state index contributed by atoms with van der Waals surface area (Å²) < 4.78 is 0. The summed E-state index contributed by atoms with van der Waals surface area (Å²) in [6, 6.07) is 19.3. The van der Waals surface area contributed by atoms with E-state index < -0.39 is 0 Å². The molecule has 1 aliphatic rings. The fraction of sp³-hybridized carbons (Fsp3) is 0.250. The average molecular weight is 258 g/mol. The van der Waals surface area contributed by atoms with Crippen LogP contribution < -0.4 is 0 Å². The molecule has 1 nitrogen and oxygen atoms in total. The van der Waals surface area contributed by atoms with E-state index in [0.717, 1.165) is 5.02 Å². The van der Waals surface area contributed by atoms with Crippen LogP contribution >= 0.6 is 11.6 Å². The molecule has 0 amide bonds. The van der Waals surface area contributed by atoms with E-state index in [1.807, 2.05) is 12.1 Å².